The fraction of sp³-hybridized carbons (Fsp3) is 0.435. The summed E-state index contributed by atoms with van der Waals surface area (Å²) in [5, 5.41) is 2.82. The van der Waals surface area contributed by atoms with Crippen LogP contribution in [0.4, 0.5) is 0 Å². The summed E-state index contributed by atoms with van der Waals surface area (Å²) in [6.07, 6.45) is 0.975. The Kier molecular flexibility index (Phi) is 8.72. The van der Waals surface area contributed by atoms with Gasteiger partial charge in [-0.2, -0.15) is 0 Å². The van der Waals surface area contributed by atoms with Gasteiger partial charge in [0.1, 0.15) is 0 Å². The maximum Gasteiger partial charge on any atom is 0.339 e. The van der Waals surface area contributed by atoms with Gasteiger partial charge in [-0.15, -0.1) is 11.8 Å². The molecule has 1 heterocycles. The van der Waals surface area contributed by atoms with E-state index < -0.39 is 5.97 Å². The van der Waals surface area contributed by atoms with Gasteiger partial charge in [0, 0.05) is 34.4 Å². The minimum absolute atomic E-state index is 0.0589. The predicted octanol–water partition coefficient (Wildman–Crippen LogP) is 4.17. The van der Waals surface area contributed by atoms with Crippen molar-refractivity contribution in [3.05, 3.63) is 52.8 Å². The summed E-state index contributed by atoms with van der Waals surface area (Å²) in [5.74, 6) is -0.695. The average molecular weight is 431 g/mol. The van der Waals surface area contributed by atoms with Gasteiger partial charge in [0.25, 0.3) is 0 Å². The van der Waals surface area contributed by atoms with Gasteiger partial charge in [0.05, 0.1) is 11.3 Å². The van der Waals surface area contributed by atoms with E-state index in [1.165, 1.54) is 11.8 Å². The number of carbonyl (C=O) groups excluding carboxylic acids is 3. The molecule has 162 valence electrons. The Morgan fingerprint density at radius 1 is 1.13 bits per heavy atom. The Bertz CT molecular complexity index is 918. The first-order chi connectivity index (χ1) is 14.2. The van der Waals surface area contributed by atoms with E-state index in [1.807, 2.05) is 33.8 Å². The topological polar surface area (TPSA) is 77.4 Å². The Hall–Kier alpha value is -2.54. The van der Waals surface area contributed by atoms with Crippen molar-refractivity contribution in [2.45, 2.75) is 58.5 Å². The highest BCUT2D eigenvalue weighted by Crippen LogP contribution is 2.23. The van der Waals surface area contributed by atoms with Crippen LogP contribution in [0.25, 0.3) is 0 Å². The number of thioether (sulfide) groups is 1. The van der Waals surface area contributed by atoms with E-state index >= 15 is 0 Å². The minimum Gasteiger partial charge on any atom is -0.454 e. The van der Waals surface area contributed by atoms with Crippen molar-refractivity contribution < 1.29 is 19.1 Å². The van der Waals surface area contributed by atoms with Crippen LogP contribution in [-0.2, 0) is 16.1 Å². The average Bonchev–Trinajstić information content (AvgIpc) is 2.98. The lowest BCUT2D eigenvalue weighted by Crippen LogP contribution is -2.31. The minimum atomic E-state index is -0.571. The third-order valence-corrected chi connectivity index (χ3v) is 5.64. The molecule has 0 unspecified atom stereocenters. The molecule has 0 fully saturated rings. The van der Waals surface area contributed by atoms with Crippen molar-refractivity contribution in [3.8, 4) is 0 Å². The Balaban J connectivity index is 2.02. The molecule has 6 nitrogen and oxygen atoms in total. The molecule has 0 saturated heterocycles. The number of esters is 1. The molecule has 0 bridgehead atoms. The van der Waals surface area contributed by atoms with Gasteiger partial charge in [-0.25, -0.2) is 4.79 Å². The zero-order valence-corrected chi connectivity index (χ0v) is 19.1. The first kappa shape index (κ1) is 23.7. The molecule has 0 spiro atoms. The van der Waals surface area contributed by atoms with Crippen LogP contribution < -0.4 is 5.32 Å². The highest BCUT2D eigenvalue weighted by molar-refractivity contribution is 8.00. The van der Waals surface area contributed by atoms with Crippen LogP contribution in [0.15, 0.2) is 35.2 Å². The summed E-state index contributed by atoms with van der Waals surface area (Å²) < 4.78 is 7.41. The lowest BCUT2D eigenvalue weighted by Gasteiger charge is -2.11. The number of nitrogens with one attached hydrogen (secondary N) is 1. The van der Waals surface area contributed by atoms with Crippen LogP contribution in [0.5, 0.6) is 0 Å². The van der Waals surface area contributed by atoms with E-state index in [2.05, 4.69) is 16.8 Å². The number of hydrogen-bond acceptors (Lipinski definition) is 5. The van der Waals surface area contributed by atoms with E-state index in [0.29, 0.717) is 16.0 Å². The maximum absolute atomic E-state index is 12.6. The molecular weight excluding hydrogens is 400 g/mol. The highest BCUT2D eigenvalue weighted by atomic mass is 32.2. The van der Waals surface area contributed by atoms with Crippen LogP contribution in [0.2, 0.25) is 0 Å². The zero-order chi connectivity index (χ0) is 22.3. The number of hydrogen-bond donors (Lipinski definition) is 1. The van der Waals surface area contributed by atoms with E-state index in [-0.39, 0.29) is 30.1 Å². The first-order valence-corrected chi connectivity index (χ1v) is 11.1. The smallest absolute Gasteiger partial charge is 0.339 e. The lowest BCUT2D eigenvalue weighted by molar-refractivity contribution is -0.119. The number of benzene rings is 1. The molecule has 1 aromatic heterocycles. The standard InChI is InChI=1S/C23H30N2O4S/c1-6-11-25-16(4)12-19(17(25)5)20(26)13-29-23(28)18-9-7-8-10-21(18)30-14-22(27)24-15(2)3/h7-10,12,15H,6,11,13-14H2,1-5H3,(H,24,27). The van der Waals surface area contributed by atoms with Crippen molar-refractivity contribution in [2.75, 3.05) is 12.4 Å². The summed E-state index contributed by atoms with van der Waals surface area (Å²) in [5.41, 5.74) is 2.85. The molecular formula is C23H30N2O4S. The van der Waals surface area contributed by atoms with Crippen molar-refractivity contribution >= 4 is 29.4 Å². The first-order valence-electron chi connectivity index (χ1n) is 10.1. The molecule has 0 aliphatic carbocycles. The summed E-state index contributed by atoms with van der Waals surface area (Å²) in [4.78, 5) is 37.8. The Labute approximate surface area is 182 Å². The molecule has 1 aromatic carbocycles. The van der Waals surface area contributed by atoms with Crippen molar-refractivity contribution in [2.24, 2.45) is 0 Å². The van der Waals surface area contributed by atoms with Crippen LogP contribution in [0.3, 0.4) is 0 Å². The number of aryl methyl sites for hydroxylation is 1. The van der Waals surface area contributed by atoms with Crippen molar-refractivity contribution in [1.29, 1.82) is 0 Å². The van der Waals surface area contributed by atoms with Gasteiger partial charge < -0.3 is 14.6 Å². The number of amides is 1. The Morgan fingerprint density at radius 3 is 2.50 bits per heavy atom. The van der Waals surface area contributed by atoms with Gasteiger partial charge in [-0.1, -0.05) is 19.1 Å². The number of nitrogens with zero attached hydrogens (tertiary/aromatic N) is 1. The van der Waals surface area contributed by atoms with Crippen LogP contribution in [-0.4, -0.2) is 40.6 Å². The summed E-state index contributed by atoms with van der Waals surface area (Å²) in [6.45, 7) is 10.3. The molecule has 2 aromatic rings. The number of Topliss-reactive ketones (excluding diaryl/α,β-unsaturated/α-hetero) is 1. The zero-order valence-electron chi connectivity index (χ0n) is 18.3. The largest absolute Gasteiger partial charge is 0.454 e. The van der Waals surface area contributed by atoms with E-state index in [9.17, 15) is 14.4 Å². The van der Waals surface area contributed by atoms with Gasteiger partial charge in [0.15, 0.2) is 6.61 Å². The van der Waals surface area contributed by atoms with E-state index in [0.717, 1.165) is 24.4 Å². The van der Waals surface area contributed by atoms with Crippen molar-refractivity contribution in [1.82, 2.24) is 9.88 Å². The summed E-state index contributed by atoms with van der Waals surface area (Å²) >= 11 is 1.27. The monoisotopic (exact) mass is 430 g/mol. The maximum atomic E-state index is 12.6. The van der Waals surface area contributed by atoms with Gasteiger partial charge >= 0.3 is 5.97 Å². The second kappa shape index (κ2) is 11.0. The number of ketones is 1. The molecule has 1 amide bonds. The second-order valence-electron chi connectivity index (χ2n) is 7.44. The SMILES string of the molecule is CCCn1c(C)cc(C(=O)COC(=O)c2ccccc2SCC(=O)NC(C)C)c1C. The molecule has 0 saturated carbocycles. The second-order valence-corrected chi connectivity index (χ2v) is 8.46. The fourth-order valence-electron chi connectivity index (χ4n) is 3.21. The lowest BCUT2D eigenvalue weighted by atomic mass is 10.1. The van der Waals surface area contributed by atoms with Crippen LogP contribution >= 0.6 is 11.8 Å². The molecule has 0 radical (unpaired) electrons. The Morgan fingerprint density at radius 2 is 1.83 bits per heavy atom. The molecule has 2 rings (SSSR count). The molecule has 0 atom stereocenters. The third kappa shape index (κ3) is 6.23. The van der Waals surface area contributed by atoms with Gasteiger partial charge in [0.2, 0.25) is 11.7 Å². The molecule has 1 N–H and O–H groups in total. The van der Waals surface area contributed by atoms with Crippen LogP contribution in [0, 0.1) is 13.8 Å². The molecule has 30 heavy (non-hydrogen) atoms. The predicted molar refractivity (Wildman–Crippen MR) is 119 cm³/mol. The van der Waals surface area contributed by atoms with E-state index in [1.54, 1.807) is 24.3 Å². The third-order valence-electron chi connectivity index (χ3n) is 4.57. The molecule has 7 heteroatoms. The quantitative estimate of drug-likeness (QED) is 0.348. The summed E-state index contributed by atoms with van der Waals surface area (Å²) in [7, 11) is 0. The van der Waals surface area contributed by atoms with Crippen molar-refractivity contribution in [3.63, 3.8) is 0 Å². The van der Waals surface area contributed by atoms with Gasteiger partial charge in [-0.3, -0.25) is 9.59 Å². The molecule has 0 aliphatic rings. The highest BCUT2D eigenvalue weighted by Gasteiger charge is 2.19. The number of carbonyl (C=O) groups is 3. The van der Waals surface area contributed by atoms with Crippen LogP contribution in [0.1, 0.15) is 59.3 Å². The number of rotatable bonds is 10. The summed E-state index contributed by atoms with van der Waals surface area (Å²) in [6, 6.07) is 8.84. The normalized spacial score (nSPS) is 10.9. The fourth-order valence-corrected chi connectivity index (χ4v) is 4.06. The number of ether oxygens (including phenoxy) is 1. The number of aromatic nitrogens is 1. The molecule has 0 aliphatic heterocycles. The van der Waals surface area contributed by atoms with E-state index in [4.69, 9.17) is 4.74 Å². The van der Waals surface area contributed by atoms with Gasteiger partial charge in [-0.05, 0) is 52.3 Å².